The molecule has 2 aliphatic heterocycles. The first-order chi connectivity index (χ1) is 15.5. The topological polar surface area (TPSA) is 45.9 Å². The third kappa shape index (κ3) is 4.48. The summed E-state index contributed by atoms with van der Waals surface area (Å²) in [5.41, 5.74) is 2.77. The van der Waals surface area contributed by atoms with E-state index in [4.69, 9.17) is 9.72 Å². The predicted octanol–water partition coefficient (Wildman–Crippen LogP) is 4.77. The van der Waals surface area contributed by atoms with Gasteiger partial charge in [0.25, 0.3) is 0 Å². The maximum atomic E-state index is 6.16. The average molecular weight is 436 g/mol. The molecule has 6 rings (SSSR count). The number of imidazole rings is 1. The molecule has 0 N–H and O–H groups in total. The van der Waals surface area contributed by atoms with Crippen molar-refractivity contribution in [1.82, 2.24) is 19.3 Å². The summed E-state index contributed by atoms with van der Waals surface area (Å²) in [6, 6.07) is 10.3. The van der Waals surface area contributed by atoms with Crippen molar-refractivity contribution in [3.63, 3.8) is 0 Å². The van der Waals surface area contributed by atoms with Crippen LogP contribution in [0.2, 0.25) is 0 Å². The highest BCUT2D eigenvalue weighted by molar-refractivity contribution is 5.79. The number of ether oxygens (including phenoxy) is 1. The van der Waals surface area contributed by atoms with Gasteiger partial charge in [-0.15, -0.1) is 0 Å². The summed E-state index contributed by atoms with van der Waals surface area (Å²) < 4.78 is 8.22. The van der Waals surface area contributed by atoms with Crippen LogP contribution in [0.3, 0.4) is 0 Å². The Balaban J connectivity index is 0.000000230. The second kappa shape index (κ2) is 8.99. The normalized spacial score (nSPS) is 21.8. The fraction of sp³-hybridized carbons (Fsp3) is 0.615. The molecule has 3 fully saturated rings. The molecule has 2 aromatic heterocycles. The number of hydrogen-bond acceptors (Lipinski definition) is 5. The van der Waals surface area contributed by atoms with Gasteiger partial charge in [-0.2, -0.15) is 4.98 Å². The van der Waals surface area contributed by atoms with Crippen LogP contribution in [-0.4, -0.2) is 64.7 Å². The molecule has 3 aliphatic rings. The summed E-state index contributed by atoms with van der Waals surface area (Å²) in [6.07, 6.45) is 10.4. The fourth-order valence-electron chi connectivity index (χ4n) is 5.20. The number of likely N-dealkylation sites (tertiary alicyclic amines) is 1. The zero-order chi connectivity index (χ0) is 22.1. The van der Waals surface area contributed by atoms with Crippen molar-refractivity contribution < 1.29 is 4.74 Å². The second-order valence-electron chi connectivity index (χ2n) is 10.3. The smallest absolute Gasteiger partial charge is 0.236 e. The number of nitrogens with zero attached hydrogens (tertiary/aromatic N) is 5. The molecule has 0 spiro atoms. The van der Waals surface area contributed by atoms with Crippen molar-refractivity contribution in [1.29, 1.82) is 0 Å². The van der Waals surface area contributed by atoms with E-state index in [1.54, 1.807) is 0 Å². The van der Waals surface area contributed by atoms with Gasteiger partial charge in [-0.25, -0.2) is 4.98 Å². The molecule has 0 unspecified atom stereocenters. The SMILES string of the molecule is CCC1(C)CN(C)C1.c1ccc2c(c1)nc1nc(N3CCC(OC4CCC4)CC3)ccn12. The molecular weight excluding hydrogens is 398 g/mol. The monoisotopic (exact) mass is 435 g/mol. The molecule has 6 nitrogen and oxygen atoms in total. The van der Waals surface area contributed by atoms with Gasteiger partial charge >= 0.3 is 0 Å². The molecule has 4 heterocycles. The van der Waals surface area contributed by atoms with Gasteiger partial charge in [0.15, 0.2) is 0 Å². The van der Waals surface area contributed by atoms with Gasteiger partial charge in [0.05, 0.1) is 23.2 Å². The lowest BCUT2D eigenvalue weighted by atomic mass is 9.80. The number of piperidine rings is 1. The number of aromatic nitrogens is 3. The largest absolute Gasteiger partial charge is 0.375 e. The Kier molecular flexibility index (Phi) is 6.08. The zero-order valence-corrected chi connectivity index (χ0v) is 19.8. The van der Waals surface area contributed by atoms with Gasteiger partial charge in [0.2, 0.25) is 5.78 Å². The van der Waals surface area contributed by atoms with Crippen molar-refractivity contribution in [3.05, 3.63) is 36.5 Å². The van der Waals surface area contributed by atoms with Crippen LogP contribution in [0, 0.1) is 5.41 Å². The molecule has 32 heavy (non-hydrogen) atoms. The molecular formula is C26H37N5O. The van der Waals surface area contributed by atoms with E-state index in [1.807, 2.05) is 18.2 Å². The number of fused-ring (bicyclic) bond motifs is 3. The van der Waals surface area contributed by atoms with Gasteiger partial charge in [-0.3, -0.25) is 4.40 Å². The Bertz CT molecular complexity index is 1040. The Morgan fingerprint density at radius 2 is 1.72 bits per heavy atom. The third-order valence-corrected chi connectivity index (χ3v) is 7.52. The van der Waals surface area contributed by atoms with Gasteiger partial charge < -0.3 is 14.5 Å². The summed E-state index contributed by atoms with van der Waals surface area (Å²) in [5.74, 6) is 1.81. The lowest BCUT2D eigenvalue weighted by molar-refractivity contribution is -0.0596. The van der Waals surface area contributed by atoms with E-state index in [2.05, 4.69) is 58.4 Å². The van der Waals surface area contributed by atoms with Crippen LogP contribution < -0.4 is 4.90 Å². The van der Waals surface area contributed by atoms with Gasteiger partial charge in [-0.1, -0.05) is 26.0 Å². The molecule has 6 heteroatoms. The number of anilines is 1. The minimum atomic E-state index is 0.435. The van der Waals surface area contributed by atoms with Crippen LogP contribution in [0.15, 0.2) is 36.5 Å². The maximum absolute atomic E-state index is 6.16. The van der Waals surface area contributed by atoms with Crippen LogP contribution in [0.25, 0.3) is 16.8 Å². The highest BCUT2D eigenvalue weighted by atomic mass is 16.5. The van der Waals surface area contributed by atoms with Gasteiger partial charge in [-0.05, 0) is 69.2 Å². The zero-order valence-electron chi connectivity index (χ0n) is 19.8. The van der Waals surface area contributed by atoms with E-state index < -0.39 is 0 Å². The highest BCUT2D eigenvalue weighted by Gasteiger charge is 2.33. The molecule has 0 atom stereocenters. The first-order valence-corrected chi connectivity index (χ1v) is 12.4. The predicted molar refractivity (Wildman–Crippen MR) is 130 cm³/mol. The first kappa shape index (κ1) is 21.7. The maximum Gasteiger partial charge on any atom is 0.236 e. The van der Waals surface area contributed by atoms with Crippen molar-refractivity contribution in [2.24, 2.45) is 5.41 Å². The standard InChI is InChI=1S/C19H22N4O.C7H15N/c1-2-7-17-16(6-1)20-19-21-18(10-13-23(17)19)22-11-8-15(9-12-22)24-14-4-3-5-14;1-4-7(2)5-8(3)6-7/h1-2,6-7,10,13-15H,3-5,8-9,11-12H2;4-6H2,1-3H3. The van der Waals surface area contributed by atoms with E-state index in [-0.39, 0.29) is 0 Å². The van der Waals surface area contributed by atoms with Crippen LogP contribution in [0.1, 0.15) is 52.4 Å². The third-order valence-electron chi connectivity index (χ3n) is 7.52. The Labute approximate surface area is 191 Å². The summed E-state index contributed by atoms with van der Waals surface area (Å²) in [4.78, 5) is 14.2. The molecule has 1 aliphatic carbocycles. The highest BCUT2D eigenvalue weighted by Crippen LogP contribution is 2.31. The van der Waals surface area contributed by atoms with Crippen molar-refractivity contribution in [2.75, 3.05) is 38.1 Å². The first-order valence-electron chi connectivity index (χ1n) is 12.4. The minimum absolute atomic E-state index is 0.435. The van der Waals surface area contributed by atoms with Crippen molar-refractivity contribution in [2.45, 2.75) is 64.6 Å². The van der Waals surface area contributed by atoms with E-state index in [1.165, 1.54) is 38.8 Å². The second-order valence-corrected chi connectivity index (χ2v) is 10.3. The molecule has 3 aromatic rings. The molecule has 1 aromatic carbocycles. The fourth-order valence-corrected chi connectivity index (χ4v) is 5.20. The molecule has 0 bridgehead atoms. The summed E-state index contributed by atoms with van der Waals surface area (Å²) in [7, 11) is 2.18. The molecule has 0 radical (unpaired) electrons. The molecule has 172 valence electrons. The van der Waals surface area contributed by atoms with Crippen LogP contribution in [0.4, 0.5) is 5.82 Å². The number of benzene rings is 1. The van der Waals surface area contributed by atoms with E-state index >= 15 is 0 Å². The lowest BCUT2D eigenvalue weighted by Crippen LogP contribution is -2.51. The van der Waals surface area contributed by atoms with Crippen molar-refractivity contribution in [3.8, 4) is 0 Å². The molecule has 2 saturated heterocycles. The van der Waals surface area contributed by atoms with Gasteiger partial charge in [0, 0.05) is 32.4 Å². The van der Waals surface area contributed by atoms with Crippen LogP contribution in [0.5, 0.6) is 0 Å². The minimum Gasteiger partial charge on any atom is -0.375 e. The van der Waals surface area contributed by atoms with Gasteiger partial charge in [0.1, 0.15) is 5.82 Å². The van der Waals surface area contributed by atoms with E-state index in [0.29, 0.717) is 17.6 Å². The number of rotatable bonds is 4. The Morgan fingerprint density at radius 1 is 1.00 bits per heavy atom. The average Bonchev–Trinajstić information content (AvgIpc) is 3.14. The van der Waals surface area contributed by atoms with E-state index in [9.17, 15) is 0 Å². The Hall–Kier alpha value is -2.18. The summed E-state index contributed by atoms with van der Waals surface area (Å²) >= 11 is 0. The van der Waals surface area contributed by atoms with Crippen LogP contribution >= 0.6 is 0 Å². The quantitative estimate of drug-likeness (QED) is 0.591. The molecule has 1 saturated carbocycles. The Morgan fingerprint density at radius 3 is 2.34 bits per heavy atom. The molecule has 0 amide bonds. The summed E-state index contributed by atoms with van der Waals surface area (Å²) in [5, 5.41) is 0. The van der Waals surface area contributed by atoms with Crippen LogP contribution in [-0.2, 0) is 4.74 Å². The lowest BCUT2D eigenvalue weighted by Gasteiger charge is -2.45. The number of para-hydroxylation sites is 2. The number of hydrogen-bond donors (Lipinski definition) is 0. The van der Waals surface area contributed by atoms with Crippen molar-refractivity contribution >= 4 is 22.6 Å². The van der Waals surface area contributed by atoms with E-state index in [0.717, 1.165) is 48.6 Å². The summed E-state index contributed by atoms with van der Waals surface area (Å²) in [6.45, 7) is 9.24.